The third kappa shape index (κ3) is 3.42. The van der Waals surface area contributed by atoms with E-state index in [-0.39, 0.29) is 11.9 Å². The quantitative estimate of drug-likeness (QED) is 0.461. The van der Waals surface area contributed by atoms with Gasteiger partial charge in [-0.25, -0.2) is 5.43 Å². The predicted octanol–water partition coefficient (Wildman–Crippen LogP) is -0.636. The average molecular weight is 145 g/mol. The highest BCUT2D eigenvalue weighted by Gasteiger charge is 2.09. The molecule has 1 amide bonds. The van der Waals surface area contributed by atoms with Gasteiger partial charge in [0.1, 0.15) is 0 Å². The molecule has 1 unspecified atom stereocenters. The van der Waals surface area contributed by atoms with E-state index < -0.39 is 0 Å². The third-order valence-corrected chi connectivity index (χ3v) is 1.18. The number of hydrogen-bond acceptors (Lipinski definition) is 3. The van der Waals surface area contributed by atoms with Crippen LogP contribution in [0, 0.1) is 0 Å². The van der Waals surface area contributed by atoms with E-state index in [1.54, 1.807) is 7.05 Å². The van der Waals surface area contributed by atoms with Crippen LogP contribution in [-0.2, 0) is 4.79 Å². The maximum Gasteiger partial charge on any atom is 0.250 e. The minimum Gasteiger partial charge on any atom is -0.320 e. The van der Waals surface area contributed by atoms with Crippen molar-refractivity contribution in [1.29, 1.82) is 0 Å². The molecule has 0 fully saturated rings. The number of carbonyl (C=O) groups excluding carboxylic acids is 1. The van der Waals surface area contributed by atoms with Gasteiger partial charge in [0.05, 0.1) is 6.04 Å². The highest BCUT2D eigenvalue weighted by atomic mass is 16.2. The number of carbonyl (C=O) groups is 1. The van der Waals surface area contributed by atoms with Crippen LogP contribution < -0.4 is 16.6 Å². The largest absolute Gasteiger partial charge is 0.320 e. The highest BCUT2D eigenvalue weighted by molar-refractivity contribution is 5.80. The van der Waals surface area contributed by atoms with Crippen molar-refractivity contribution in [2.45, 2.75) is 25.8 Å². The van der Waals surface area contributed by atoms with Crippen LogP contribution in [-0.4, -0.2) is 19.0 Å². The van der Waals surface area contributed by atoms with Crippen molar-refractivity contribution in [3.63, 3.8) is 0 Å². The smallest absolute Gasteiger partial charge is 0.250 e. The Morgan fingerprint density at radius 1 is 1.70 bits per heavy atom. The molecule has 0 saturated carbocycles. The Bertz CT molecular complexity index is 105. The summed E-state index contributed by atoms with van der Waals surface area (Å²) in [5.74, 6) is -0.149. The minimum atomic E-state index is -0.377. The van der Waals surface area contributed by atoms with Gasteiger partial charge in [-0.05, 0) is 6.42 Å². The summed E-state index contributed by atoms with van der Waals surface area (Å²) in [6.07, 6.45) is 1.66. The summed E-state index contributed by atoms with van der Waals surface area (Å²) in [7, 11) is 1.64. The lowest BCUT2D eigenvalue weighted by Crippen LogP contribution is -2.45. The summed E-state index contributed by atoms with van der Waals surface area (Å²) in [6.45, 7) is 1.99. The van der Waals surface area contributed by atoms with Crippen molar-refractivity contribution in [1.82, 2.24) is 10.9 Å². The first-order chi connectivity index (χ1) is 4.72. The molecule has 4 heteroatoms. The fraction of sp³-hybridized carbons (Fsp3) is 0.833. The molecule has 0 rings (SSSR count). The van der Waals surface area contributed by atoms with Crippen molar-refractivity contribution >= 4 is 5.91 Å². The molecule has 0 radical (unpaired) electrons. The van der Waals surface area contributed by atoms with E-state index in [0.717, 1.165) is 12.8 Å². The van der Waals surface area contributed by atoms with Gasteiger partial charge in [-0.15, -0.1) is 0 Å². The van der Waals surface area contributed by atoms with Crippen molar-refractivity contribution in [3.8, 4) is 0 Å². The van der Waals surface area contributed by atoms with Gasteiger partial charge in [0.25, 0.3) is 5.91 Å². The van der Waals surface area contributed by atoms with Crippen LogP contribution >= 0.6 is 0 Å². The SMILES string of the molecule is CCCC(N)C(=O)NNC. The molecule has 0 aromatic rings. The maximum atomic E-state index is 10.8. The number of rotatable bonds is 4. The van der Waals surface area contributed by atoms with Gasteiger partial charge >= 0.3 is 0 Å². The molecule has 1 atom stereocenters. The van der Waals surface area contributed by atoms with Gasteiger partial charge in [-0.2, -0.15) is 0 Å². The molecule has 4 N–H and O–H groups in total. The van der Waals surface area contributed by atoms with E-state index in [2.05, 4.69) is 10.9 Å². The predicted molar refractivity (Wildman–Crippen MR) is 40.1 cm³/mol. The second kappa shape index (κ2) is 5.20. The molecule has 4 nitrogen and oxygen atoms in total. The Labute approximate surface area is 61.1 Å². The first kappa shape index (κ1) is 9.39. The summed E-state index contributed by atoms with van der Waals surface area (Å²) >= 11 is 0. The monoisotopic (exact) mass is 145 g/mol. The Morgan fingerprint density at radius 2 is 2.30 bits per heavy atom. The molecule has 0 aliphatic carbocycles. The third-order valence-electron chi connectivity index (χ3n) is 1.18. The van der Waals surface area contributed by atoms with Gasteiger partial charge < -0.3 is 5.73 Å². The number of hydrazine groups is 1. The van der Waals surface area contributed by atoms with E-state index in [1.807, 2.05) is 6.92 Å². The lowest BCUT2D eigenvalue weighted by atomic mass is 10.2. The molecule has 0 aliphatic rings. The summed E-state index contributed by atoms with van der Waals surface area (Å²) in [4.78, 5) is 10.8. The van der Waals surface area contributed by atoms with Gasteiger partial charge in [-0.1, -0.05) is 13.3 Å². The lowest BCUT2D eigenvalue weighted by molar-refractivity contribution is -0.123. The lowest BCUT2D eigenvalue weighted by Gasteiger charge is -2.08. The van der Waals surface area contributed by atoms with Crippen LogP contribution in [0.25, 0.3) is 0 Å². The number of nitrogens with two attached hydrogens (primary N) is 1. The zero-order valence-electron chi connectivity index (χ0n) is 6.48. The second-order valence-electron chi connectivity index (χ2n) is 2.13. The molecule has 10 heavy (non-hydrogen) atoms. The van der Waals surface area contributed by atoms with Gasteiger partial charge in [0.2, 0.25) is 0 Å². The van der Waals surface area contributed by atoms with E-state index in [0.29, 0.717) is 0 Å². The first-order valence-electron chi connectivity index (χ1n) is 3.44. The highest BCUT2D eigenvalue weighted by Crippen LogP contribution is 1.91. The Balaban J connectivity index is 3.49. The molecule has 0 saturated heterocycles. The van der Waals surface area contributed by atoms with Crippen LogP contribution in [0.1, 0.15) is 19.8 Å². The van der Waals surface area contributed by atoms with Crippen molar-refractivity contribution in [3.05, 3.63) is 0 Å². The summed E-state index contributed by atoms with van der Waals surface area (Å²) in [6, 6.07) is -0.377. The summed E-state index contributed by atoms with van der Waals surface area (Å²) in [5.41, 5.74) is 10.4. The maximum absolute atomic E-state index is 10.8. The minimum absolute atomic E-state index is 0.149. The molecule has 0 aliphatic heterocycles. The van der Waals surface area contributed by atoms with Crippen LogP contribution in [0.4, 0.5) is 0 Å². The van der Waals surface area contributed by atoms with Gasteiger partial charge in [0.15, 0.2) is 0 Å². The number of nitrogens with one attached hydrogen (secondary N) is 2. The zero-order valence-corrected chi connectivity index (χ0v) is 6.48. The first-order valence-corrected chi connectivity index (χ1v) is 3.44. The summed E-state index contributed by atoms with van der Waals surface area (Å²) in [5, 5.41) is 0. The normalized spacial score (nSPS) is 12.7. The summed E-state index contributed by atoms with van der Waals surface area (Å²) < 4.78 is 0. The molecule has 0 bridgehead atoms. The van der Waals surface area contributed by atoms with E-state index in [1.165, 1.54) is 0 Å². The topological polar surface area (TPSA) is 67.2 Å². The van der Waals surface area contributed by atoms with Gasteiger partial charge in [-0.3, -0.25) is 10.2 Å². The fourth-order valence-corrected chi connectivity index (χ4v) is 0.658. The Kier molecular flexibility index (Phi) is 4.88. The molecule has 0 aromatic carbocycles. The molecule has 0 heterocycles. The standard InChI is InChI=1S/C6H15N3O/c1-3-4-5(7)6(10)9-8-2/h5,8H,3-4,7H2,1-2H3,(H,9,10). The number of amides is 1. The molecular formula is C6H15N3O. The Morgan fingerprint density at radius 3 is 2.70 bits per heavy atom. The van der Waals surface area contributed by atoms with Crippen LogP contribution in [0.2, 0.25) is 0 Å². The van der Waals surface area contributed by atoms with Crippen LogP contribution in [0.5, 0.6) is 0 Å². The molecule has 60 valence electrons. The van der Waals surface area contributed by atoms with Crippen molar-refractivity contribution < 1.29 is 4.79 Å². The van der Waals surface area contributed by atoms with Crippen molar-refractivity contribution in [2.75, 3.05) is 7.05 Å². The molecule has 0 aromatic heterocycles. The second-order valence-corrected chi connectivity index (χ2v) is 2.13. The molecular weight excluding hydrogens is 130 g/mol. The zero-order chi connectivity index (χ0) is 7.98. The average Bonchev–Trinajstić information content (AvgIpc) is 1.89. The van der Waals surface area contributed by atoms with Crippen LogP contribution in [0.15, 0.2) is 0 Å². The van der Waals surface area contributed by atoms with E-state index >= 15 is 0 Å². The van der Waals surface area contributed by atoms with Crippen molar-refractivity contribution in [2.24, 2.45) is 5.73 Å². The Hall–Kier alpha value is -0.610. The fourth-order valence-electron chi connectivity index (χ4n) is 0.658. The van der Waals surface area contributed by atoms with E-state index in [9.17, 15) is 4.79 Å². The number of hydrogen-bond donors (Lipinski definition) is 3. The van der Waals surface area contributed by atoms with E-state index in [4.69, 9.17) is 5.73 Å². The van der Waals surface area contributed by atoms with Crippen LogP contribution in [0.3, 0.4) is 0 Å². The molecule has 0 spiro atoms. The van der Waals surface area contributed by atoms with Gasteiger partial charge in [0, 0.05) is 7.05 Å².